The van der Waals surface area contributed by atoms with Crippen molar-refractivity contribution >= 4 is 29.5 Å². The van der Waals surface area contributed by atoms with Gasteiger partial charge in [0.2, 0.25) is 11.8 Å². The van der Waals surface area contributed by atoms with Gasteiger partial charge in [-0.05, 0) is 24.5 Å². The number of terminal acetylenes is 1. The molecule has 0 aliphatic carbocycles. The van der Waals surface area contributed by atoms with Crippen LogP contribution in [0, 0.1) is 18.3 Å². The lowest BCUT2D eigenvalue weighted by molar-refractivity contribution is -0.129. The van der Waals surface area contributed by atoms with Crippen LogP contribution in [0.1, 0.15) is 25.3 Å². The second-order valence-corrected chi connectivity index (χ2v) is 5.84. The number of rotatable bonds is 0. The number of amides is 3. The molecule has 1 aliphatic heterocycles. The Balaban J connectivity index is 2.27. The maximum atomic E-state index is 12.3. The van der Waals surface area contributed by atoms with Gasteiger partial charge in [-0.15, -0.1) is 6.42 Å². The predicted molar refractivity (Wildman–Crippen MR) is 96.3 cm³/mol. The van der Waals surface area contributed by atoms with Crippen LogP contribution in [0.25, 0.3) is 6.08 Å². The van der Waals surface area contributed by atoms with Gasteiger partial charge in [0, 0.05) is 11.6 Å². The van der Waals surface area contributed by atoms with E-state index in [2.05, 4.69) is 21.9 Å². The molecule has 2 unspecified atom stereocenters. The van der Waals surface area contributed by atoms with Crippen LogP contribution in [0.3, 0.4) is 0 Å². The average molecular weight is 339 g/mol. The van der Waals surface area contributed by atoms with Crippen molar-refractivity contribution in [1.82, 2.24) is 10.6 Å². The fourth-order valence-electron chi connectivity index (χ4n) is 2.39. The van der Waals surface area contributed by atoms with Crippen LogP contribution in [0.5, 0.6) is 0 Å². The van der Waals surface area contributed by atoms with E-state index in [0.717, 1.165) is 5.56 Å². The van der Waals surface area contributed by atoms with Crippen molar-refractivity contribution in [1.29, 1.82) is 0 Å². The standard InChI is InChI=1S/C19H21N3O3/c1-3-15-19(25)22-16-11-7-6-10-14(16)9-5-4-8-13(2)18(24)20-12-17(23)21-15/h1,5-7,9-11,13,15H,4,8,12H2,2H3,(H,20,24)(H,21,23)(H,22,25). The molecule has 25 heavy (non-hydrogen) atoms. The van der Waals surface area contributed by atoms with E-state index in [0.29, 0.717) is 18.5 Å². The highest BCUT2D eigenvalue weighted by molar-refractivity contribution is 6.01. The third kappa shape index (κ3) is 5.21. The molecule has 2 rings (SSSR count). The SMILES string of the molecule is C#CC1NC(=O)CNC(=O)C(C)CCC=Cc2ccccc2NC1=O. The van der Waals surface area contributed by atoms with Crippen molar-refractivity contribution in [3.63, 3.8) is 0 Å². The molecule has 0 saturated heterocycles. The summed E-state index contributed by atoms with van der Waals surface area (Å²) in [5.74, 6) is 0.801. The molecular formula is C19H21N3O3. The molecule has 130 valence electrons. The maximum Gasteiger partial charge on any atom is 0.259 e. The van der Waals surface area contributed by atoms with Gasteiger partial charge in [-0.1, -0.05) is 43.2 Å². The van der Waals surface area contributed by atoms with Crippen molar-refractivity contribution < 1.29 is 14.4 Å². The van der Waals surface area contributed by atoms with E-state index >= 15 is 0 Å². The second-order valence-electron chi connectivity index (χ2n) is 5.84. The zero-order chi connectivity index (χ0) is 18.2. The second kappa shape index (κ2) is 8.69. The van der Waals surface area contributed by atoms with Crippen molar-refractivity contribution in [2.45, 2.75) is 25.8 Å². The molecule has 0 aromatic heterocycles. The number of carbonyl (C=O) groups excluding carboxylic acids is 3. The van der Waals surface area contributed by atoms with Gasteiger partial charge >= 0.3 is 0 Å². The lowest BCUT2D eigenvalue weighted by Gasteiger charge is -2.15. The van der Waals surface area contributed by atoms with E-state index in [4.69, 9.17) is 6.42 Å². The number of allylic oxidation sites excluding steroid dienone is 1. The topological polar surface area (TPSA) is 87.3 Å². The number of fused-ring (bicyclic) bond motifs is 1. The Kier molecular flexibility index (Phi) is 6.35. The highest BCUT2D eigenvalue weighted by Gasteiger charge is 2.20. The summed E-state index contributed by atoms with van der Waals surface area (Å²) in [6.07, 6.45) is 10.6. The lowest BCUT2D eigenvalue weighted by atomic mass is 10.0. The molecule has 0 radical (unpaired) electrons. The summed E-state index contributed by atoms with van der Waals surface area (Å²) in [6.45, 7) is 1.59. The normalized spacial score (nSPS) is 22.3. The molecule has 1 heterocycles. The van der Waals surface area contributed by atoms with E-state index < -0.39 is 17.9 Å². The van der Waals surface area contributed by atoms with E-state index in [-0.39, 0.29) is 18.4 Å². The summed E-state index contributed by atoms with van der Waals surface area (Å²) in [6, 6.07) is 6.17. The number of benzene rings is 1. The molecule has 6 nitrogen and oxygen atoms in total. The third-order valence-electron chi connectivity index (χ3n) is 3.89. The van der Waals surface area contributed by atoms with Crippen LogP contribution < -0.4 is 16.0 Å². The van der Waals surface area contributed by atoms with Crippen molar-refractivity contribution in [3.8, 4) is 12.3 Å². The van der Waals surface area contributed by atoms with Gasteiger partial charge in [0.1, 0.15) is 0 Å². The largest absolute Gasteiger partial charge is 0.347 e. The third-order valence-corrected chi connectivity index (χ3v) is 3.89. The highest BCUT2D eigenvalue weighted by atomic mass is 16.2. The Morgan fingerprint density at radius 2 is 1.92 bits per heavy atom. The molecule has 0 bridgehead atoms. The Morgan fingerprint density at radius 3 is 2.68 bits per heavy atom. The minimum Gasteiger partial charge on any atom is -0.347 e. The van der Waals surface area contributed by atoms with Crippen LogP contribution in [-0.2, 0) is 14.4 Å². The lowest BCUT2D eigenvalue weighted by Crippen LogP contribution is -2.47. The first-order chi connectivity index (χ1) is 12.0. The molecule has 1 aliphatic rings. The quantitative estimate of drug-likeness (QED) is 0.623. The zero-order valence-electron chi connectivity index (χ0n) is 14.0. The van der Waals surface area contributed by atoms with Gasteiger partial charge in [-0.2, -0.15) is 0 Å². The van der Waals surface area contributed by atoms with Crippen molar-refractivity contribution in [2.24, 2.45) is 5.92 Å². The van der Waals surface area contributed by atoms with Gasteiger partial charge in [0.25, 0.3) is 5.91 Å². The van der Waals surface area contributed by atoms with Crippen molar-refractivity contribution in [3.05, 3.63) is 35.9 Å². The number of nitrogens with one attached hydrogen (secondary N) is 3. The first kappa shape index (κ1) is 18.3. The summed E-state index contributed by atoms with van der Waals surface area (Å²) in [5, 5.41) is 7.72. The predicted octanol–water partition coefficient (Wildman–Crippen LogP) is 1.30. The molecule has 0 spiro atoms. The molecule has 3 amide bonds. The van der Waals surface area contributed by atoms with Gasteiger partial charge in [0.15, 0.2) is 6.04 Å². The monoisotopic (exact) mass is 339 g/mol. The summed E-state index contributed by atoms with van der Waals surface area (Å²) in [7, 11) is 0. The van der Waals surface area contributed by atoms with Gasteiger partial charge in [0.05, 0.1) is 6.54 Å². The van der Waals surface area contributed by atoms with E-state index in [1.54, 1.807) is 12.1 Å². The molecule has 1 aromatic carbocycles. The molecule has 0 saturated carbocycles. The molecular weight excluding hydrogens is 318 g/mol. The Bertz CT molecular complexity index is 734. The van der Waals surface area contributed by atoms with Crippen LogP contribution in [0.4, 0.5) is 5.69 Å². The Morgan fingerprint density at radius 1 is 1.16 bits per heavy atom. The first-order valence-corrected chi connectivity index (χ1v) is 8.11. The van der Waals surface area contributed by atoms with E-state index in [9.17, 15) is 14.4 Å². The zero-order valence-corrected chi connectivity index (χ0v) is 14.0. The summed E-state index contributed by atoms with van der Waals surface area (Å²) < 4.78 is 0. The minimum absolute atomic E-state index is 0.208. The average Bonchev–Trinajstić information content (AvgIpc) is 2.61. The minimum atomic E-state index is -1.12. The van der Waals surface area contributed by atoms with Crippen LogP contribution in [0.15, 0.2) is 30.3 Å². The molecule has 0 fully saturated rings. The van der Waals surface area contributed by atoms with Crippen LogP contribution in [-0.4, -0.2) is 30.3 Å². The summed E-state index contributed by atoms with van der Waals surface area (Å²) in [5.41, 5.74) is 1.43. The fraction of sp³-hybridized carbons (Fsp3) is 0.316. The summed E-state index contributed by atoms with van der Waals surface area (Å²) in [4.78, 5) is 36.2. The fourth-order valence-corrected chi connectivity index (χ4v) is 2.39. The number of hydrogen-bond acceptors (Lipinski definition) is 3. The highest BCUT2D eigenvalue weighted by Crippen LogP contribution is 2.18. The maximum absolute atomic E-state index is 12.3. The smallest absolute Gasteiger partial charge is 0.259 e. The van der Waals surface area contributed by atoms with E-state index in [1.807, 2.05) is 31.2 Å². The molecule has 1 aromatic rings. The summed E-state index contributed by atoms with van der Waals surface area (Å²) >= 11 is 0. The number of carbonyl (C=O) groups is 3. The van der Waals surface area contributed by atoms with Crippen molar-refractivity contribution in [2.75, 3.05) is 11.9 Å². The Labute approximate surface area is 147 Å². The first-order valence-electron chi connectivity index (χ1n) is 8.11. The Hall–Kier alpha value is -3.07. The van der Waals surface area contributed by atoms with Crippen LogP contribution >= 0.6 is 0 Å². The van der Waals surface area contributed by atoms with E-state index in [1.165, 1.54) is 0 Å². The van der Waals surface area contributed by atoms with Gasteiger partial charge in [-0.3, -0.25) is 14.4 Å². The number of para-hydroxylation sites is 1. The van der Waals surface area contributed by atoms with Gasteiger partial charge in [-0.25, -0.2) is 0 Å². The molecule has 2 atom stereocenters. The van der Waals surface area contributed by atoms with Gasteiger partial charge < -0.3 is 16.0 Å². The number of hydrogen-bond donors (Lipinski definition) is 3. The molecule has 6 heteroatoms. The van der Waals surface area contributed by atoms with Crippen LogP contribution in [0.2, 0.25) is 0 Å². The molecule has 3 N–H and O–H groups in total. The number of anilines is 1.